The third-order valence-corrected chi connectivity index (χ3v) is 1.94. The van der Waals surface area contributed by atoms with Crippen molar-refractivity contribution in [1.29, 1.82) is 0 Å². The SMILES string of the molecule is O=C(OO)c1ccc2c(Cl)c1OO2. The van der Waals surface area contributed by atoms with Crippen molar-refractivity contribution in [2.24, 2.45) is 0 Å². The van der Waals surface area contributed by atoms with E-state index in [4.69, 9.17) is 16.9 Å². The Morgan fingerprint density at radius 2 is 2.23 bits per heavy atom. The van der Waals surface area contributed by atoms with Crippen molar-refractivity contribution >= 4 is 17.6 Å². The third-order valence-electron chi connectivity index (χ3n) is 1.58. The second kappa shape index (κ2) is 2.79. The lowest BCUT2D eigenvalue weighted by Crippen LogP contribution is -2.03. The van der Waals surface area contributed by atoms with Gasteiger partial charge in [-0.2, -0.15) is 5.26 Å². The summed E-state index contributed by atoms with van der Waals surface area (Å²) in [5, 5.41) is 8.31. The first-order valence-electron chi connectivity index (χ1n) is 3.27. The molecular formula is C7H3ClO5. The molecular weight excluding hydrogens is 200 g/mol. The lowest BCUT2D eigenvalue weighted by molar-refractivity contribution is -0.183. The summed E-state index contributed by atoms with van der Waals surface area (Å²) in [4.78, 5) is 23.7. The molecule has 0 saturated carbocycles. The van der Waals surface area contributed by atoms with E-state index in [0.717, 1.165) is 0 Å². The third kappa shape index (κ3) is 1.09. The first kappa shape index (κ1) is 8.15. The molecule has 2 bridgehead atoms. The van der Waals surface area contributed by atoms with Gasteiger partial charge in [0, 0.05) is 0 Å². The number of carbonyl (C=O) groups excluding carboxylic acids is 1. The fourth-order valence-corrected chi connectivity index (χ4v) is 1.21. The highest BCUT2D eigenvalue weighted by Crippen LogP contribution is 2.42. The largest absolute Gasteiger partial charge is 0.376 e. The van der Waals surface area contributed by atoms with Gasteiger partial charge < -0.3 is 0 Å². The molecule has 1 aromatic carbocycles. The maximum Gasteiger partial charge on any atom is 0.376 e. The number of hydrogen-bond acceptors (Lipinski definition) is 5. The monoisotopic (exact) mass is 202 g/mol. The zero-order chi connectivity index (χ0) is 9.42. The van der Waals surface area contributed by atoms with Crippen LogP contribution in [0.25, 0.3) is 0 Å². The van der Waals surface area contributed by atoms with E-state index < -0.39 is 5.97 Å². The van der Waals surface area contributed by atoms with Gasteiger partial charge in [-0.1, -0.05) is 11.6 Å². The Morgan fingerprint density at radius 1 is 1.46 bits per heavy atom. The van der Waals surface area contributed by atoms with Gasteiger partial charge >= 0.3 is 5.97 Å². The van der Waals surface area contributed by atoms with Crippen molar-refractivity contribution in [2.75, 3.05) is 0 Å². The van der Waals surface area contributed by atoms with E-state index >= 15 is 0 Å². The molecule has 5 nitrogen and oxygen atoms in total. The van der Waals surface area contributed by atoms with Crippen LogP contribution in [0.3, 0.4) is 0 Å². The molecule has 0 atom stereocenters. The van der Waals surface area contributed by atoms with Crippen LogP contribution in [0.1, 0.15) is 10.4 Å². The lowest BCUT2D eigenvalue weighted by atomic mass is 10.2. The summed E-state index contributed by atoms with van der Waals surface area (Å²) in [7, 11) is 0. The molecule has 6 heteroatoms. The minimum absolute atomic E-state index is 0.00810. The van der Waals surface area contributed by atoms with Crippen LogP contribution in [0.5, 0.6) is 11.5 Å². The van der Waals surface area contributed by atoms with Crippen LogP contribution in [-0.4, -0.2) is 11.2 Å². The van der Waals surface area contributed by atoms with Crippen molar-refractivity contribution in [3.63, 3.8) is 0 Å². The van der Waals surface area contributed by atoms with Gasteiger partial charge in [0.15, 0.2) is 0 Å². The average molecular weight is 203 g/mol. The van der Waals surface area contributed by atoms with Crippen LogP contribution < -0.4 is 9.78 Å². The van der Waals surface area contributed by atoms with Gasteiger partial charge in [-0.25, -0.2) is 4.79 Å². The van der Waals surface area contributed by atoms with E-state index in [0.29, 0.717) is 5.75 Å². The van der Waals surface area contributed by atoms with Gasteiger partial charge in [0.05, 0.1) is 0 Å². The highest BCUT2D eigenvalue weighted by atomic mass is 35.5. The smallest absolute Gasteiger partial charge is 0.295 e. The molecule has 1 aliphatic rings. The Hall–Kier alpha value is -1.46. The summed E-state index contributed by atoms with van der Waals surface area (Å²) in [5.74, 6) is -0.571. The van der Waals surface area contributed by atoms with Crippen LogP contribution in [0.15, 0.2) is 12.1 Å². The zero-order valence-electron chi connectivity index (χ0n) is 6.11. The Bertz CT molecular complexity index is 375. The number of hydrogen-bond donors (Lipinski definition) is 1. The summed E-state index contributed by atoms with van der Waals surface area (Å²) in [6.07, 6.45) is 0. The second-order valence-electron chi connectivity index (χ2n) is 2.30. The van der Waals surface area contributed by atoms with Crippen LogP contribution >= 0.6 is 11.6 Å². The quantitative estimate of drug-likeness (QED) is 0.554. The first-order chi connectivity index (χ1) is 6.24. The van der Waals surface area contributed by atoms with Crippen LogP contribution in [0.2, 0.25) is 5.02 Å². The highest BCUT2D eigenvalue weighted by Gasteiger charge is 2.27. The summed E-state index contributed by atoms with van der Waals surface area (Å²) in [6, 6.07) is 2.81. The van der Waals surface area contributed by atoms with E-state index in [9.17, 15) is 4.79 Å². The fourth-order valence-electron chi connectivity index (χ4n) is 0.980. The van der Waals surface area contributed by atoms with Crippen molar-refractivity contribution in [3.8, 4) is 11.5 Å². The predicted molar refractivity (Wildman–Crippen MR) is 40.8 cm³/mol. The molecule has 0 radical (unpaired) electrons. The molecule has 0 aromatic heterocycles. The molecule has 0 spiro atoms. The van der Waals surface area contributed by atoms with Crippen LogP contribution in [0.4, 0.5) is 0 Å². The van der Waals surface area contributed by atoms with Gasteiger partial charge in [-0.05, 0) is 12.1 Å². The van der Waals surface area contributed by atoms with Crippen molar-refractivity contribution in [1.82, 2.24) is 0 Å². The predicted octanol–water partition coefficient (Wildman–Crippen LogP) is 1.66. The van der Waals surface area contributed by atoms with Crippen molar-refractivity contribution in [3.05, 3.63) is 22.7 Å². The van der Waals surface area contributed by atoms with E-state index in [-0.39, 0.29) is 16.3 Å². The van der Waals surface area contributed by atoms with Gasteiger partial charge in [-0.3, -0.25) is 14.7 Å². The number of benzene rings is 1. The van der Waals surface area contributed by atoms with Gasteiger partial charge in [-0.15, -0.1) is 0 Å². The van der Waals surface area contributed by atoms with Crippen molar-refractivity contribution in [2.45, 2.75) is 0 Å². The van der Waals surface area contributed by atoms with Gasteiger partial charge in [0.2, 0.25) is 11.5 Å². The number of fused-ring (bicyclic) bond motifs is 2. The van der Waals surface area contributed by atoms with Gasteiger partial charge in [0.25, 0.3) is 0 Å². The molecule has 1 aliphatic heterocycles. The Morgan fingerprint density at radius 3 is 2.92 bits per heavy atom. The average Bonchev–Trinajstić information content (AvgIpc) is 2.41. The second-order valence-corrected chi connectivity index (χ2v) is 2.68. The van der Waals surface area contributed by atoms with Crippen molar-refractivity contribution < 1.29 is 24.7 Å². The maximum absolute atomic E-state index is 10.9. The standard InChI is InChI=1S/C7H3ClO5/c8-5-4-2-1-3(7(9)11-10)6(5)13-12-4/h1-2,10H. The zero-order valence-corrected chi connectivity index (χ0v) is 6.87. The molecule has 1 heterocycles. The minimum atomic E-state index is -0.950. The Balaban J connectivity index is 2.53. The highest BCUT2D eigenvalue weighted by molar-refractivity contribution is 6.34. The van der Waals surface area contributed by atoms with Gasteiger partial charge in [0.1, 0.15) is 10.6 Å². The fraction of sp³-hybridized carbons (Fsp3) is 0. The number of carbonyl (C=O) groups is 1. The maximum atomic E-state index is 10.9. The summed E-state index contributed by atoms with van der Waals surface area (Å²) in [6.45, 7) is 0. The van der Waals surface area contributed by atoms with E-state index in [1.807, 2.05) is 0 Å². The normalized spacial score (nSPS) is 11.8. The molecule has 0 saturated heterocycles. The molecule has 13 heavy (non-hydrogen) atoms. The Kier molecular flexibility index (Phi) is 1.75. The number of halogens is 1. The molecule has 0 amide bonds. The van der Waals surface area contributed by atoms with E-state index in [2.05, 4.69) is 14.7 Å². The topological polar surface area (TPSA) is 65.0 Å². The summed E-state index contributed by atoms with van der Waals surface area (Å²) < 4.78 is 0. The first-order valence-corrected chi connectivity index (χ1v) is 3.64. The van der Waals surface area contributed by atoms with E-state index in [1.54, 1.807) is 0 Å². The summed E-state index contributed by atoms with van der Waals surface area (Å²) in [5.41, 5.74) is 0.00810. The Labute approximate surface area is 77.2 Å². The molecule has 0 fully saturated rings. The van der Waals surface area contributed by atoms with Crippen LogP contribution in [-0.2, 0) is 4.89 Å². The molecule has 1 aromatic rings. The molecule has 68 valence electrons. The molecule has 0 unspecified atom stereocenters. The van der Waals surface area contributed by atoms with E-state index in [1.165, 1.54) is 12.1 Å². The summed E-state index contributed by atoms with van der Waals surface area (Å²) >= 11 is 5.71. The van der Waals surface area contributed by atoms with Crippen LogP contribution in [0, 0.1) is 0 Å². The molecule has 2 rings (SSSR count). The minimum Gasteiger partial charge on any atom is -0.295 e. The molecule has 0 aliphatic carbocycles. The molecule has 1 N–H and O–H groups in total. The number of rotatable bonds is 1. The lowest BCUT2D eigenvalue weighted by Gasteiger charge is -1.97.